The predicted octanol–water partition coefficient (Wildman–Crippen LogP) is 4.02. The first-order chi connectivity index (χ1) is 10.9. The molecule has 0 bridgehead atoms. The number of anilines is 1. The van der Waals surface area contributed by atoms with E-state index in [2.05, 4.69) is 10.6 Å². The van der Waals surface area contributed by atoms with Crippen LogP contribution in [0.15, 0.2) is 42.5 Å². The van der Waals surface area contributed by atoms with E-state index in [1.165, 1.54) is 30.3 Å². The summed E-state index contributed by atoms with van der Waals surface area (Å²) in [6, 6.07) is 10.2. The highest BCUT2D eigenvalue weighted by Gasteiger charge is 2.08. The van der Waals surface area contributed by atoms with Crippen molar-refractivity contribution in [2.45, 2.75) is 0 Å². The van der Waals surface area contributed by atoms with E-state index >= 15 is 0 Å². The predicted molar refractivity (Wildman–Crippen MR) is 92.7 cm³/mol. The van der Waals surface area contributed by atoms with Crippen LogP contribution in [0.1, 0.15) is 0 Å². The molecule has 0 saturated carbocycles. The minimum Gasteiger partial charge on any atom is -0.482 e. The van der Waals surface area contributed by atoms with Gasteiger partial charge in [0.2, 0.25) is 0 Å². The molecule has 0 saturated heterocycles. The summed E-state index contributed by atoms with van der Waals surface area (Å²) in [5.41, 5.74) is 0.554. The molecule has 0 aromatic heterocycles. The third-order valence-corrected chi connectivity index (χ3v) is 3.34. The average Bonchev–Trinajstić information content (AvgIpc) is 2.48. The molecule has 8 heteroatoms. The number of benzene rings is 2. The van der Waals surface area contributed by atoms with Crippen molar-refractivity contribution in [2.75, 3.05) is 11.9 Å². The lowest BCUT2D eigenvalue weighted by Crippen LogP contribution is -2.37. The van der Waals surface area contributed by atoms with Gasteiger partial charge < -0.3 is 10.1 Å². The van der Waals surface area contributed by atoms with Gasteiger partial charge >= 0.3 is 0 Å². The first kappa shape index (κ1) is 17.5. The highest BCUT2D eigenvalue weighted by Crippen LogP contribution is 2.27. The fourth-order valence-corrected chi connectivity index (χ4v) is 2.29. The lowest BCUT2D eigenvalue weighted by atomic mass is 10.3. The number of halogens is 3. The van der Waals surface area contributed by atoms with Gasteiger partial charge in [0, 0.05) is 10.7 Å². The summed E-state index contributed by atoms with van der Waals surface area (Å²) >= 11 is 16.7. The van der Waals surface area contributed by atoms with Crippen molar-refractivity contribution < 1.29 is 13.9 Å². The Kier molecular flexibility index (Phi) is 6.15. The molecule has 4 nitrogen and oxygen atoms in total. The van der Waals surface area contributed by atoms with Crippen LogP contribution in [-0.2, 0) is 4.79 Å². The van der Waals surface area contributed by atoms with Crippen LogP contribution in [0.3, 0.4) is 0 Å². The zero-order chi connectivity index (χ0) is 16.8. The van der Waals surface area contributed by atoms with E-state index in [4.69, 9.17) is 40.2 Å². The molecular formula is C15H11Cl2FN2O2S. The standard InChI is InChI=1S/C15H11Cl2FN2O2S/c16-9-1-6-13(12(17)7-9)22-8-14(21)20-15(23)19-11-4-2-10(18)3-5-11/h1-7H,8H2,(H2,19,20,21,23). The van der Waals surface area contributed by atoms with Crippen LogP contribution in [0.2, 0.25) is 10.0 Å². The maximum Gasteiger partial charge on any atom is 0.264 e. The van der Waals surface area contributed by atoms with Gasteiger partial charge in [0.1, 0.15) is 11.6 Å². The quantitative estimate of drug-likeness (QED) is 0.795. The normalized spacial score (nSPS) is 10.0. The Bertz CT molecular complexity index is 726. The second-order valence-electron chi connectivity index (χ2n) is 4.37. The molecule has 0 atom stereocenters. The summed E-state index contributed by atoms with van der Waals surface area (Å²) in [4.78, 5) is 11.8. The van der Waals surface area contributed by atoms with Crippen LogP contribution in [0.25, 0.3) is 0 Å². The second-order valence-corrected chi connectivity index (χ2v) is 5.62. The van der Waals surface area contributed by atoms with Gasteiger partial charge in [-0.3, -0.25) is 10.1 Å². The van der Waals surface area contributed by atoms with Crippen molar-refractivity contribution in [3.63, 3.8) is 0 Å². The summed E-state index contributed by atoms with van der Waals surface area (Å²) < 4.78 is 18.1. The first-order valence-corrected chi connectivity index (χ1v) is 7.55. The van der Waals surface area contributed by atoms with Gasteiger partial charge in [-0.15, -0.1) is 0 Å². The summed E-state index contributed by atoms with van der Waals surface area (Å²) in [5, 5.41) is 6.04. The molecular weight excluding hydrogens is 362 g/mol. The van der Waals surface area contributed by atoms with Crippen molar-refractivity contribution >= 4 is 52.1 Å². The molecule has 2 N–H and O–H groups in total. The van der Waals surface area contributed by atoms with Crippen LogP contribution >= 0.6 is 35.4 Å². The van der Waals surface area contributed by atoms with E-state index in [9.17, 15) is 9.18 Å². The minimum atomic E-state index is -0.462. The number of amides is 1. The van der Waals surface area contributed by atoms with E-state index in [1.807, 2.05) is 0 Å². The number of carbonyl (C=O) groups excluding carboxylic acids is 1. The van der Waals surface area contributed by atoms with Gasteiger partial charge in [0.05, 0.1) is 5.02 Å². The molecule has 2 aromatic carbocycles. The fourth-order valence-electron chi connectivity index (χ4n) is 1.59. The van der Waals surface area contributed by atoms with Gasteiger partial charge in [-0.25, -0.2) is 4.39 Å². The lowest BCUT2D eigenvalue weighted by Gasteiger charge is -2.11. The largest absolute Gasteiger partial charge is 0.482 e. The molecule has 23 heavy (non-hydrogen) atoms. The van der Waals surface area contributed by atoms with Gasteiger partial charge in [-0.2, -0.15) is 0 Å². The molecule has 0 fully saturated rings. The number of ether oxygens (including phenoxy) is 1. The van der Waals surface area contributed by atoms with Crippen molar-refractivity contribution in [1.82, 2.24) is 5.32 Å². The van der Waals surface area contributed by atoms with Crippen LogP contribution in [0.5, 0.6) is 5.75 Å². The van der Waals surface area contributed by atoms with Gasteiger partial charge in [-0.05, 0) is 54.7 Å². The Morgan fingerprint density at radius 3 is 2.52 bits per heavy atom. The number of carbonyl (C=O) groups is 1. The van der Waals surface area contributed by atoms with Gasteiger partial charge in [-0.1, -0.05) is 23.2 Å². The minimum absolute atomic E-state index is 0.0763. The summed E-state index contributed by atoms with van der Waals surface area (Å²) in [6.07, 6.45) is 0. The molecule has 0 heterocycles. The zero-order valence-electron chi connectivity index (χ0n) is 11.6. The third kappa shape index (κ3) is 5.67. The van der Waals surface area contributed by atoms with E-state index < -0.39 is 5.91 Å². The molecule has 2 aromatic rings. The Morgan fingerprint density at radius 1 is 1.17 bits per heavy atom. The van der Waals surface area contributed by atoms with Crippen molar-refractivity contribution in [3.05, 3.63) is 58.3 Å². The molecule has 2 rings (SSSR count). The molecule has 0 aliphatic heterocycles. The van der Waals surface area contributed by atoms with Gasteiger partial charge in [0.15, 0.2) is 11.7 Å². The van der Waals surface area contributed by atoms with Crippen LogP contribution < -0.4 is 15.4 Å². The van der Waals surface area contributed by atoms with E-state index in [0.717, 1.165) is 0 Å². The topological polar surface area (TPSA) is 50.4 Å². The number of hydrogen-bond acceptors (Lipinski definition) is 3. The monoisotopic (exact) mass is 372 g/mol. The molecule has 0 unspecified atom stereocenters. The van der Waals surface area contributed by atoms with Crippen molar-refractivity contribution in [1.29, 1.82) is 0 Å². The lowest BCUT2D eigenvalue weighted by molar-refractivity contribution is -0.121. The number of rotatable bonds is 4. The zero-order valence-corrected chi connectivity index (χ0v) is 13.9. The Labute approximate surface area is 147 Å². The van der Waals surface area contributed by atoms with Crippen LogP contribution in [0, 0.1) is 5.82 Å². The SMILES string of the molecule is O=C(COc1ccc(Cl)cc1Cl)NC(=S)Nc1ccc(F)cc1. The summed E-state index contributed by atoms with van der Waals surface area (Å²) in [6.45, 7) is -0.271. The van der Waals surface area contributed by atoms with E-state index in [-0.39, 0.29) is 17.5 Å². The molecule has 0 aliphatic carbocycles. The molecule has 0 spiro atoms. The highest BCUT2D eigenvalue weighted by molar-refractivity contribution is 7.80. The maximum atomic E-state index is 12.8. The fraction of sp³-hybridized carbons (Fsp3) is 0.0667. The average molecular weight is 373 g/mol. The van der Waals surface area contributed by atoms with Gasteiger partial charge in [0.25, 0.3) is 5.91 Å². The summed E-state index contributed by atoms with van der Waals surface area (Å²) in [5.74, 6) is -0.488. The molecule has 120 valence electrons. The number of hydrogen-bond donors (Lipinski definition) is 2. The number of thiocarbonyl (C=S) groups is 1. The smallest absolute Gasteiger partial charge is 0.264 e. The first-order valence-electron chi connectivity index (χ1n) is 6.38. The second kappa shape index (κ2) is 8.10. The van der Waals surface area contributed by atoms with Crippen molar-refractivity contribution in [3.8, 4) is 5.75 Å². The van der Waals surface area contributed by atoms with Crippen molar-refractivity contribution in [2.24, 2.45) is 0 Å². The molecule has 0 aliphatic rings. The summed E-state index contributed by atoms with van der Waals surface area (Å²) in [7, 11) is 0. The molecule has 1 amide bonds. The van der Waals surface area contributed by atoms with E-state index in [0.29, 0.717) is 21.5 Å². The van der Waals surface area contributed by atoms with Crippen LogP contribution in [0.4, 0.5) is 10.1 Å². The maximum absolute atomic E-state index is 12.8. The third-order valence-electron chi connectivity index (χ3n) is 2.61. The van der Waals surface area contributed by atoms with E-state index in [1.54, 1.807) is 12.1 Å². The Morgan fingerprint density at radius 2 is 1.87 bits per heavy atom. The Hall–Kier alpha value is -1.89. The number of nitrogens with one attached hydrogen (secondary N) is 2. The Balaban J connectivity index is 1.82. The van der Waals surface area contributed by atoms with Crippen LogP contribution in [-0.4, -0.2) is 17.6 Å². The molecule has 0 radical (unpaired) electrons. The highest BCUT2D eigenvalue weighted by atomic mass is 35.5.